The number of carbonyl (C=O) groups excluding carboxylic acids is 2. The fraction of sp³-hybridized carbons (Fsp3) is 0.872. The molecule has 0 atom stereocenters. The summed E-state index contributed by atoms with van der Waals surface area (Å²) in [5, 5.41) is 5.72. The van der Waals surface area contributed by atoms with Gasteiger partial charge in [-0.3, -0.25) is 14.6 Å². The summed E-state index contributed by atoms with van der Waals surface area (Å²) in [6.45, 7) is 7.93. The summed E-state index contributed by atoms with van der Waals surface area (Å²) in [5.41, 5.74) is 9.86. The Hall–Kier alpha value is -2.05. The van der Waals surface area contributed by atoms with Crippen LogP contribution >= 0.6 is 0 Å². The molecule has 2 amide bonds. The minimum atomic E-state index is -0.0624. The Labute approximate surface area is 286 Å². The fourth-order valence-electron chi connectivity index (χ4n) is 5.42. The Morgan fingerprint density at radius 3 is 1.28 bits per heavy atom. The second-order valence-corrected chi connectivity index (χ2v) is 13.0. The smallest absolute Gasteiger partial charge is 0.239 e. The van der Waals surface area contributed by atoms with Crippen molar-refractivity contribution in [3.63, 3.8) is 0 Å². The molecule has 46 heavy (non-hydrogen) atoms. The van der Waals surface area contributed by atoms with Crippen LogP contribution < -0.4 is 22.1 Å². The van der Waals surface area contributed by atoms with E-state index in [1.807, 2.05) is 6.92 Å². The Morgan fingerprint density at radius 1 is 0.500 bits per heavy atom. The van der Waals surface area contributed by atoms with Crippen LogP contribution in [0.5, 0.6) is 0 Å². The summed E-state index contributed by atoms with van der Waals surface area (Å²) in [6, 6.07) is 0. The third-order valence-corrected chi connectivity index (χ3v) is 8.30. The fourth-order valence-corrected chi connectivity index (χ4v) is 5.42. The Morgan fingerprint density at radius 2 is 0.891 bits per heavy atom. The van der Waals surface area contributed by atoms with Crippen molar-refractivity contribution in [1.82, 2.24) is 10.6 Å². The van der Waals surface area contributed by atoms with Gasteiger partial charge < -0.3 is 22.1 Å². The number of rotatable bonds is 33. The van der Waals surface area contributed by atoms with Crippen LogP contribution in [-0.4, -0.2) is 37.4 Å². The number of allylic oxidation sites excluding steroid dienone is 2. The van der Waals surface area contributed by atoms with E-state index in [0.717, 1.165) is 25.8 Å². The minimum Gasteiger partial charge on any atom is -0.370 e. The molecule has 0 aromatic heterocycles. The normalized spacial score (nSPS) is 10.8. The molecule has 7 nitrogen and oxygen atoms in total. The predicted octanol–water partition coefficient (Wildman–Crippen LogP) is 10.0. The second-order valence-electron chi connectivity index (χ2n) is 13.0. The van der Waals surface area contributed by atoms with Gasteiger partial charge in [0.1, 0.15) is 0 Å². The van der Waals surface area contributed by atoms with Crippen molar-refractivity contribution in [3.05, 3.63) is 12.2 Å². The second kappa shape index (κ2) is 41.0. The standard InChI is InChI=1S/C36H70N2O2.C3H9N3/c1-3-5-7-9-11-13-15-17-19-20-22-24-26-28-30-32-35(39)38-34-36(40)37-33-31-29-27-25-23-21-18-16-14-12-10-8-6-4-2;1-2-6-3(4)5/h17,19H,3-16,18,20-34H2,1-2H3,(H,37,40)(H,38,39);2H2,1H3,(H4,4,5,6)/b19-17-;. The van der Waals surface area contributed by atoms with E-state index >= 15 is 0 Å². The molecule has 0 fully saturated rings. The number of aliphatic imine (C=N–C) groups is 1. The first kappa shape index (κ1) is 46.1. The van der Waals surface area contributed by atoms with Crippen LogP contribution in [0.1, 0.15) is 201 Å². The number of hydrogen-bond acceptors (Lipinski definition) is 3. The van der Waals surface area contributed by atoms with Gasteiger partial charge in [-0.25, -0.2) is 0 Å². The average molecular weight is 650 g/mol. The molecule has 272 valence electrons. The molecule has 0 unspecified atom stereocenters. The van der Waals surface area contributed by atoms with Crippen LogP contribution in [0.4, 0.5) is 0 Å². The number of amides is 2. The summed E-state index contributed by atoms with van der Waals surface area (Å²) in [4.78, 5) is 27.6. The Bertz CT molecular complexity index is 692. The minimum absolute atomic E-state index is 0.00395. The van der Waals surface area contributed by atoms with Crippen molar-refractivity contribution in [2.45, 2.75) is 201 Å². The lowest BCUT2D eigenvalue weighted by Crippen LogP contribution is -2.37. The predicted molar refractivity (Wildman–Crippen MR) is 202 cm³/mol. The van der Waals surface area contributed by atoms with E-state index < -0.39 is 0 Å². The zero-order valence-corrected chi connectivity index (χ0v) is 31.0. The third-order valence-electron chi connectivity index (χ3n) is 8.30. The summed E-state index contributed by atoms with van der Waals surface area (Å²) in [5.74, 6) is 0.106. The van der Waals surface area contributed by atoms with Crippen LogP contribution in [0, 0.1) is 0 Å². The number of guanidine groups is 1. The summed E-state index contributed by atoms with van der Waals surface area (Å²) in [6.07, 6.45) is 40.3. The monoisotopic (exact) mass is 650 g/mol. The first-order chi connectivity index (χ1) is 22.5. The lowest BCUT2D eigenvalue weighted by molar-refractivity contribution is -0.126. The van der Waals surface area contributed by atoms with E-state index in [-0.39, 0.29) is 24.3 Å². The molecule has 0 bridgehead atoms. The van der Waals surface area contributed by atoms with Gasteiger partial charge in [0.25, 0.3) is 0 Å². The Balaban J connectivity index is 0. The van der Waals surface area contributed by atoms with Gasteiger partial charge in [-0.05, 0) is 45.4 Å². The van der Waals surface area contributed by atoms with Gasteiger partial charge in [-0.2, -0.15) is 0 Å². The largest absolute Gasteiger partial charge is 0.370 e. The average Bonchev–Trinajstić information content (AvgIpc) is 3.04. The zero-order chi connectivity index (χ0) is 34.2. The molecule has 6 N–H and O–H groups in total. The zero-order valence-electron chi connectivity index (χ0n) is 31.0. The van der Waals surface area contributed by atoms with Gasteiger partial charge in [-0.15, -0.1) is 0 Å². The summed E-state index contributed by atoms with van der Waals surface area (Å²) >= 11 is 0. The topological polar surface area (TPSA) is 123 Å². The van der Waals surface area contributed by atoms with Gasteiger partial charge in [0, 0.05) is 19.5 Å². The maximum Gasteiger partial charge on any atom is 0.239 e. The van der Waals surface area contributed by atoms with E-state index in [1.54, 1.807) is 0 Å². The molecule has 0 saturated carbocycles. The molecule has 0 aromatic carbocycles. The van der Waals surface area contributed by atoms with Gasteiger partial charge in [0.2, 0.25) is 11.8 Å². The number of hydrogen-bond donors (Lipinski definition) is 4. The maximum absolute atomic E-state index is 12.0. The molecule has 0 radical (unpaired) electrons. The molecule has 0 aromatic rings. The molecule has 0 rings (SSSR count). The van der Waals surface area contributed by atoms with Crippen molar-refractivity contribution in [2.24, 2.45) is 16.5 Å². The molecule has 0 heterocycles. The highest BCUT2D eigenvalue weighted by molar-refractivity contribution is 5.84. The van der Waals surface area contributed by atoms with Gasteiger partial charge >= 0.3 is 0 Å². The SMILES string of the molecule is CCCCCCCC/C=C\CCCCCCCC(=O)NCC(=O)NCCCCCCCCCCCCCCCC.CCN=C(N)N. The molecular formula is C39H79N5O2. The molecule has 0 aliphatic carbocycles. The van der Waals surface area contributed by atoms with Crippen LogP contribution in [0.15, 0.2) is 17.1 Å². The van der Waals surface area contributed by atoms with Gasteiger partial charge in [-0.1, -0.05) is 161 Å². The van der Waals surface area contributed by atoms with Crippen LogP contribution in [0.25, 0.3) is 0 Å². The molecular weight excluding hydrogens is 570 g/mol. The van der Waals surface area contributed by atoms with Crippen LogP contribution in [0.3, 0.4) is 0 Å². The van der Waals surface area contributed by atoms with E-state index in [2.05, 4.69) is 41.6 Å². The number of nitrogens with two attached hydrogens (primary N) is 2. The Kier molecular flexibility index (Phi) is 41.0. The van der Waals surface area contributed by atoms with Crippen molar-refractivity contribution in [1.29, 1.82) is 0 Å². The number of nitrogens with one attached hydrogen (secondary N) is 2. The van der Waals surface area contributed by atoms with E-state index in [1.165, 1.54) is 154 Å². The maximum atomic E-state index is 12.0. The van der Waals surface area contributed by atoms with Crippen LogP contribution in [0.2, 0.25) is 0 Å². The van der Waals surface area contributed by atoms with Crippen molar-refractivity contribution in [3.8, 4) is 0 Å². The lowest BCUT2D eigenvalue weighted by atomic mass is 10.0. The molecule has 0 aliphatic rings. The highest BCUT2D eigenvalue weighted by atomic mass is 16.2. The number of carbonyl (C=O) groups is 2. The van der Waals surface area contributed by atoms with Crippen LogP contribution in [-0.2, 0) is 9.59 Å². The van der Waals surface area contributed by atoms with Crippen molar-refractivity contribution in [2.75, 3.05) is 19.6 Å². The third kappa shape index (κ3) is 44.1. The number of nitrogens with zero attached hydrogens (tertiary/aromatic N) is 1. The quantitative estimate of drug-likeness (QED) is 0.0244. The molecule has 7 heteroatoms. The van der Waals surface area contributed by atoms with E-state index in [9.17, 15) is 9.59 Å². The van der Waals surface area contributed by atoms with E-state index in [4.69, 9.17) is 11.5 Å². The highest BCUT2D eigenvalue weighted by Gasteiger charge is 2.05. The van der Waals surface area contributed by atoms with Gasteiger partial charge in [0.05, 0.1) is 6.54 Å². The van der Waals surface area contributed by atoms with Crippen molar-refractivity contribution >= 4 is 17.8 Å². The first-order valence-electron chi connectivity index (χ1n) is 19.7. The molecule has 0 saturated heterocycles. The van der Waals surface area contributed by atoms with E-state index in [0.29, 0.717) is 13.0 Å². The summed E-state index contributed by atoms with van der Waals surface area (Å²) < 4.78 is 0. The molecule has 0 aliphatic heterocycles. The number of unbranched alkanes of at least 4 members (excludes halogenated alkanes) is 24. The first-order valence-corrected chi connectivity index (χ1v) is 19.7. The van der Waals surface area contributed by atoms with Crippen molar-refractivity contribution < 1.29 is 9.59 Å². The molecule has 0 spiro atoms. The lowest BCUT2D eigenvalue weighted by Gasteiger charge is -2.07. The summed E-state index contributed by atoms with van der Waals surface area (Å²) in [7, 11) is 0. The van der Waals surface area contributed by atoms with Gasteiger partial charge in [0.15, 0.2) is 5.96 Å². The highest BCUT2D eigenvalue weighted by Crippen LogP contribution is 2.13.